The highest BCUT2D eigenvalue weighted by Crippen LogP contribution is 2.22. The molecular formula is C9H6BrFN2. The van der Waals surface area contributed by atoms with E-state index in [0.717, 1.165) is 0 Å². The highest BCUT2D eigenvalue weighted by Gasteiger charge is 2.06. The first-order chi connectivity index (χ1) is 6.18. The lowest BCUT2D eigenvalue weighted by Gasteiger charge is -2.01. The topological polar surface area (TPSA) is 25.8 Å². The molecule has 0 aliphatic rings. The molecule has 0 bridgehead atoms. The number of fused-ring (bicyclic) bond motifs is 1. The van der Waals surface area contributed by atoms with E-state index in [2.05, 4.69) is 25.9 Å². The predicted octanol–water partition coefficient (Wildman–Crippen LogP) is 2.84. The Bertz CT molecular complexity index is 470. The third-order valence-electron chi connectivity index (χ3n) is 1.74. The van der Waals surface area contributed by atoms with Crippen LogP contribution in [0.5, 0.6) is 0 Å². The van der Waals surface area contributed by atoms with E-state index in [0.29, 0.717) is 21.3 Å². The molecule has 0 unspecified atom stereocenters. The number of benzene rings is 1. The lowest BCUT2D eigenvalue weighted by Crippen LogP contribution is -1.92. The second-order valence-corrected chi connectivity index (χ2v) is 3.45. The van der Waals surface area contributed by atoms with Crippen LogP contribution in [0.1, 0.15) is 5.82 Å². The van der Waals surface area contributed by atoms with Crippen molar-refractivity contribution >= 4 is 26.8 Å². The molecule has 66 valence electrons. The van der Waals surface area contributed by atoms with Gasteiger partial charge in [0.1, 0.15) is 21.8 Å². The van der Waals surface area contributed by atoms with Crippen LogP contribution in [-0.2, 0) is 0 Å². The van der Waals surface area contributed by atoms with Gasteiger partial charge in [-0.2, -0.15) is 0 Å². The number of para-hydroxylation sites is 1. The Morgan fingerprint density at radius 1 is 1.31 bits per heavy atom. The quantitative estimate of drug-likeness (QED) is 0.662. The Hall–Kier alpha value is -1.03. The summed E-state index contributed by atoms with van der Waals surface area (Å²) in [6.07, 6.45) is 0. The SMILES string of the molecule is Cc1nc(Br)c2cccc(F)c2n1. The molecule has 4 heteroatoms. The van der Waals surface area contributed by atoms with Crippen molar-refractivity contribution in [3.05, 3.63) is 34.4 Å². The largest absolute Gasteiger partial charge is 0.230 e. The third kappa shape index (κ3) is 1.42. The minimum Gasteiger partial charge on any atom is -0.230 e. The van der Waals surface area contributed by atoms with Crippen molar-refractivity contribution in [2.45, 2.75) is 6.92 Å². The van der Waals surface area contributed by atoms with Crippen LogP contribution in [0.25, 0.3) is 10.9 Å². The lowest BCUT2D eigenvalue weighted by molar-refractivity contribution is 0.636. The van der Waals surface area contributed by atoms with Gasteiger partial charge in [-0.1, -0.05) is 6.07 Å². The summed E-state index contributed by atoms with van der Waals surface area (Å²) in [5.41, 5.74) is 0.363. The van der Waals surface area contributed by atoms with Gasteiger partial charge in [0, 0.05) is 5.39 Å². The van der Waals surface area contributed by atoms with Crippen molar-refractivity contribution in [1.29, 1.82) is 0 Å². The van der Waals surface area contributed by atoms with E-state index in [9.17, 15) is 4.39 Å². The van der Waals surface area contributed by atoms with Crippen LogP contribution in [0.4, 0.5) is 4.39 Å². The summed E-state index contributed by atoms with van der Waals surface area (Å²) < 4.78 is 13.9. The Labute approximate surface area is 83.0 Å². The first-order valence-corrected chi connectivity index (χ1v) is 4.56. The number of halogens is 2. The fourth-order valence-electron chi connectivity index (χ4n) is 1.18. The standard InChI is InChI=1S/C9H6BrFN2/c1-5-12-8-6(9(10)13-5)3-2-4-7(8)11/h2-4H,1H3. The molecule has 0 fully saturated rings. The molecule has 0 spiro atoms. The maximum absolute atomic E-state index is 13.2. The predicted molar refractivity (Wildman–Crippen MR) is 51.9 cm³/mol. The number of rotatable bonds is 0. The minimum atomic E-state index is -0.316. The van der Waals surface area contributed by atoms with Gasteiger partial charge < -0.3 is 0 Å². The van der Waals surface area contributed by atoms with Crippen LogP contribution in [0.2, 0.25) is 0 Å². The van der Waals surface area contributed by atoms with E-state index in [1.165, 1.54) is 6.07 Å². The van der Waals surface area contributed by atoms with Crippen molar-refractivity contribution in [1.82, 2.24) is 9.97 Å². The zero-order valence-corrected chi connectivity index (χ0v) is 8.47. The van der Waals surface area contributed by atoms with Gasteiger partial charge in [-0.15, -0.1) is 0 Å². The highest BCUT2D eigenvalue weighted by atomic mass is 79.9. The molecule has 0 saturated heterocycles. The first kappa shape index (κ1) is 8.56. The van der Waals surface area contributed by atoms with Crippen molar-refractivity contribution in [3.8, 4) is 0 Å². The number of aromatic nitrogens is 2. The van der Waals surface area contributed by atoms with Crippen LogP contribution >= 0.6 is 15.9 Å². The van der Waals surface area contributed by atoms with Gasteiger partial charge in [-0.25, -0.2) is 14.4 Å². The zero-order valence-electron chi connectivity index (χ0n) is 6.88. The van der Waals surface area contributed by atoms with Crippen molar-refractivity contribution in [3.63, 3.8) is 0 Å². The smallest absolute Gasteiger partial charge is 0.149 e. The molecule has 0 atom stereocenters. The summed E-state index contributed by atoms with van der Waals surface area (Å²) >= 11 is 3.26. The van der Waals surface area contributed by atoms with Crippen LogP contribution in [0.3, 0.4) is 0 Å². The van der Waals surface area contributed by atoms with Crippen LogP contribution < -0.4 is 0 Å². The molecule has 0 saturated carbocycles. The van der Waals surface area contributed by atoms with E-state index in [-0.39, 0.29) is 5.82 Å². The fourth-order valence-corrected chi connectivity index (χ4v) is 1.76. The molecule has 1 heterocycles. The summed E-state index contributed by atoms with van der Waals surface area (Å²) in [6, 6.07) is 4.81. The van der Waals surface area contributed by atoms with Crippen LogP contribution in [0, 0.1) is 12.7 Å². The number of hydrogen-bond donors (Lipinski definition) is 0. The molecule has 2 rings (SSSR count). The molecule has 0 N–H and O–H groups in total. The molecule has 0 aliphatic carbocycles. The zero-order chi connectivity index (χ0) is 9.42. The third-order valence-corrected chi connectivity index (χ3v) is 2.35. The second-order valence-electron chi connectivity index (χ2n) is 2.70. The van der Waals surface area contributed by atoms with Gasteiger partial charge in [0.2, 0.25) is 0 Å². The van der Waals surface area contributed by atoms with E-state index >= 15 is 0 Å². The summed E-state index contributed by atoms with van der Waals surface area (Å²) in [6.45, 7) is 1.73. The maximum Gasteiger partial charge on any atom is 0.149 e. The van der Waals surface area contributed by atoms with Gasteiger partial charge in [0.05, 0.1) is 0 Å². The van der Waals surface area contributed by atoms with Gasteiger partial charge in [0.15, 0.2) is 0 Å². The highest BCUT2D eigenvalue weighted by molar-refractivity contribution is 9.10. The molecular weight excluding hydrogens is 235 g/mol. The van der Waals surface area contributed by atoms with Gasteiger partial charge >= 0.3 is 0 Å². The summed E-state index contributed by atoms with van der Waals surface area (Å²) in [5, 5.41) is 0.700. The van der Waals surface area contributed by atoms with Gasteiger partial charge in [-0.05, 0) is 35.0 Å². The molecule has 1 aromatic carbocycles. The number of hydrogen-bond acceptors (Lipinski definition) is 2. The molecule has 13 heavy (non-hydrogen) atoms. The lowest BCUT2D eigenvalue weighted by atomic mass is 10.2. The van der Waals surface area contributed by atoms with Gasteiger partial charge in [0.25, 0.3) is 0 Å². The molecule has 0 amide bonds. The van der Waals surface area contributed by atoms with E-state index < -0.39 is 0 Å². The Balaban J connectivity index is 2.94. The monoisotopic (exact) mass is 240 g/mol. The van der Waals surface area contributed by atoms with Crippen molar-refractivity contribution in [2.24, 2.45) is 0 Å². The van der Waals surface area contributed by atoms with Crippen LogP contribution in [-0.4, -0.2) is 9.97 Å². The molecule has 2 nitrogen and oxygen atoms in total. The Kier molecular flexibility index (Phi) is 2.00. The number of aryl methyl sites for hydroxylation is 1. The van der Waals surface area contributed by atoms with E-state index in [4.69, 9.17) is 0 Å². The van der Waals surface area contributed by atoms with Crippen LogP contribution in [0.15, 0.2) is 22.8 Å². The molecule has 2 aromatic rings. The van der Waals surface area contributed by atoms with Crippen molar-refractivity contribution < 1.29 is 4.39 Å². The van der Waals surface area contributed by atoms with E-state index in [1.807, 2.05) is 0 Å². The average molecular weight is 241 g/mol. The summed E-state index contributed by atoms with van der Waals surface area (Å²) in [7, 11) is 0. The number of nitrogens with zero attached hydrogens (tertiary/aromatic N) is 2. The van der Waals surface area contributed by atoms with Gasteiger partial charge in [-0.3, -0.25) is 0 Å². The van der Waals surface area contributed by atoms with E-state index in [1.54, 1.807) is 19.1 Å². The molecule has 1 aromatic heterocycles. The summed E-state index contributed by atoms with van der Waals surface area (Å²) in [4.78, 5) is 8.10. The normalized spacial score (nSPS) is 10.7. The molecule has 0 radical (unpaired) electrons. The Morgan fingerprint density at radius 2 is 2.08 bits per heavy atom. The Morgan fingerprint density at radius 3 is 2.85 bits per heavy atom. The molecule has 0 aliphatic heterocycles. The maximum atomic E-state index is 13.2. The first-order valence-electron chi connectivity index (χ1n) is 3.77. The summed E-state index contributed by atoms with van der Waals surface area (Å²) in [5.74, 6) is 0.244. The minimum absolute atomic E-state index is 0.316. The van der Waals surface area contributed by atoms with Crippen molar-refractivity contribution in [2.75, 3.05) is 0 Å². The fraction of sp³-hybridized carbons (Fsp3) is 0.111. The average Bonchev–Trinajstić information content (AvgIpc) is 2.07. The second kappa shape index (κ2) is 3.03.